The maximum Gasteiger partial charge on any atom is 0.149 e. The number of hydrogen-bond donors (Lipinski definition) is 0. The van der Waals surface area contributed by atoms with E-state index in [1.807, 2.05) is 42.5 Å². The van der Waals surface area contributed by atoms with E-state index >= 15 is 0 Å². The van der Waals surface area contributed by atoms with E-state index < -0.39 is 6.04 Å². The van der Waals surface area contributed by atoms with E-state index in [1.54, 1.807) is 0 Å². The first kappa shape index (κ1) is 23.6. The molecule has 0 fully saturated rings. The van der Waals surface area contributed by atoms with Crippen LogP contribution in [0.4, 0.5) is 0 Å². The van der Waals surface area contributed by atoms with Crippen LogP contribution in [0.25, 0.3) is 82.7 Å². The fourth-order valence-corrected chi connectivity index (χ4v) is 7.37. The molecule has 7 aromatic carbocycles. The summed E-state index contributed by atoms with van der Waals surface area (Å²) in [7, 11) is 0. The van der Waals surface area contributed by atoms with Gasteiger partial charge in [0.1, 0.15) is 17.0 Å². The van der Waals surface area contributed by atoms with Crippen molar-refractivity contribution in [3.63, 3.8) is 0 Å². The minimum absolute atomic E-state index is 0.183. The molecule has 0 bridgehead atoms. The lowest BCUT2D eigenvalue weighted by Gasteiger charge is -2.22. The summed E-state index contributed by atoms with van der Waals surface area (Å²) in [5.74, 6) is 1.38. The van der Waals surface area contributed by atoms with Crippen LogP contribution in [0.15, 0.2) is 138 Å². The van der Waals surface area contributed by atoms with E-state index in [4.69, 9.17) is 16.3 Å². The quantitative estimate of drug-likeness (QED) is 0.178. The molecule has 2 aromatic heterocycles. The Morgan fingerprint density at radius 1 is 0.625 bits per heavy atom. The molecule has 0 aliphatic heterocycles. The molecule has 0 atom stereocenters. The Morgan fingerprint density at radius 2 is 1.31 bits per heavy atom. The largest absolute Gasteiger partial charge is 0.455 e. The van der Waals surface area contributed by atoms with Crippen LogP contribution < -0.4 is 0 Å². The van der Waals surface area contributed by atoms with Crippen molar-refractivity contribution in [1.29, 1.82) is 0 Å². The van der Waals surface area contributed by atoms with E-state index in [0.717, 1.165) is 66.0 Å². The highest BCUT2D eigenvalue weighted by Crippen LogP contribution is 2.43. The second-order valence-corrected chi connectivity index (χ2v) is 13.2. The fraction of sp³-hybridized carbons (Fsp3) is 0.133. The standard InChI is InChI=1S/C45H36N2O/c1-27(2)31-18-12-19-32(28(3)4)43(31)47-41-23-11-10-22-40(41)46-45(47)36-21-13-20-35-39-26-38-30(25-42(39)48-44(35)36)24-37(29-14-6-5-7-15-29)33-16-8-9-17-34(33)38/h5-28H,1-4H3/i5D,6D,7D,14D,15D. The molecule has 0 unspecified atom stereocenters. The Morgan fingerprint density at radius 3 is 2.08 bits per heavy atom. The number of rotatable bonds is 5. The van der Waals surface area contributed by atoms with Crippen molar-refractivity contribution in [3.05, 3.63) is 144 Å². The highest BCUT2D eigenvalue weighted by atomic mass is 16.3. The van der Waals surface area contributed by atoms with Crippen LogP contribution in [0.2, 0.25) is 0 Å². The van der Waals surface area contributed by atoms with Gasteiger partial charge in [-0.25, -0.2) is 4.98 Å². The molecule has 232 valence electrons. The minimum atomic E-state index is -0.407. The Balaban J connectivity index is 1.35. The third-order valence-electron chi connectivity index (χ3n) is 9.61. The van der Waals surface area contributed by atoms with Gasteiger partial charge in [-0.15, -0.1) is 0 Å². The van der Waals surface area contributed by atoms with E-state index in [-0.39, 0.29) is 41.6 Å². The normalized spacial score (nSPS) is 13.6. The minimum Gasteiger partial charge on any atom is -0.455 e. The van der Waals surface area contributed by atoms with Crippen molar-refractivity contribution in [2.75, 3.05) is 0 Å². The fourth-order valence-electron chi connectivity index (χ4n) is 7.37. The predicted octanol–water partition coefficient (Wildman–Crippen LogP) is 12.8. The van der Waals surface area contributed by atoms with Gasteiger partial charge in [0.2, 0.25) is 0 Å². The Kier molecular flexibility index (Phi) is 5.39. The molecule has 0 radical (unpaired) electrons. The molecular weight excluding hydrogens is 585 g/mol. The van der Waals surface area contributed by atoms with Crippen molar-refractivity contribution in [3.8, 4) is 28.2 Å². The molecule has 0 amide bonds. The number of imidazole rings is 1. The zero-order valence-electron chi connectivity index (χ0n) is 32.3. The smallest absolute Gasteiger partial charge is 0.149 e. The highest BCUT2D eigenvalue weighted by molar-refractivity contribution is 6.20. The van der Waals surface area contributed by atoms with Gasteiger partial charge in [-0.2, -0.15) is 0 Å². The van der Waals surface area contributed by atoms with Gasteiger partial charge in [0, 0.05) is 10.8 Å². The SMILES string of the molecule is [2H]c1c([2H])c([2H])c(-c2cc3cc4oc5c(-c6nc7ccccc7n6-c6c(C(C)C)cccc6C(C)C)cccc5c4cc3c3ccccc23)c([2H])c1[2H]. The summed E-state index contributed by atoms with van der Waals surface area (Å²) in [5, 5.41) is 5.49. The number of nitrogens with zero attached hydrogens (tertiary/aromatic N) is 2. The van der Waals surface area contributed by atoms with Crippen molar-refractivity contribution in [2.24, 2.45) is 0 Å². The zero-order valence-corrected chi connectivity index (χ0v) is 27.3. The molecular formula is C45H36N2O. The number of fused-ring (bicyclic) bond motifs is 7. The lowest BCUT2D eigenvalue weighted by molar-refractivity contribution is 0.670. The summed E-state index contributed by atoms with van der Waals surface area (Å²) in [6.07, 6.45) is 0. The molecule has 9 rings (SSSR count). The molecule has 0 spiro atoms. The first-order valence-corrected chi connectivity index (χ1v) is 16.5. The summed E-state index contributed by atoms with van der Waals surface area (Å²) in [4.78, 5) is 5.28. The van der Waals surface area contributed by atoms with Gasteiger partial charge in [0.25, 0.3) is 0 Å². The van der Waals surface area contributed by atoms with Crippen LogP contribution in [0.3, 0.4) is 0 Å². The van der Waals surface area contributed by atoms with Gasteiger partial charge >= 0.3 is 0 Å². The highest BCUT2D eigenvalue weighted by Gasteiger charge is 2.24. The predicted molar refractivity (Wildman–Crippen MR) is 202 cm³/mol. The van der Waals surface area contributed by atoms with Gasteiger partial charge in [-0.1, -0.05) is 125 Å². The Hall–Kier alpha value is -5.67. The Bertz CT molecular complexity index is 2920. The van der Waals surface area contributed by atoms with Crippen LogP contribution in [-0.2, 0) is 0 Å². The molecule has 0 saturated heterocycles. The summed E-state index contributed by atoms with van der Waals surface area (Å²) in [6, 6.07) is 33.5. The summed E-state index contributed by atoms with van der Waals surface area (Å²) >= 11 is 0. The van der Waals surface area contributed by atoms with Crippen LogP contribution in [0, 0.1) is 0 Å². The summed E-state index contributed by atoms with van der Waals surface area (Å²) in [6.45, 7) is 8.94. The third-order valence-corrected chi connectivity index (χ3v) is 9.61. The van der Waals surface area contributed by atoms with E-state index in [0.29, 0.717) is 11.1 Å². The first-order valence-electron chi connectivity index (χ1n) is 19.0. The molecule has 48 heavy (non-hydrogen) atoms. The molecule has 3 nitrogen and oxygen atoms in total. The van der Waals surface area contributed by atoms with Gasteiger partial charge in [-0.05, 0) is 92.0 Å². The van der Waals surface area contributed by atoms with E-state index in [1.165, 1.54) is 11.1 Å². The average molecular weight is 626 g/mol. The number of hydrogen-bond acceptors (Lipinski definition) is 2. The van der Waals surface area contributed by atoms with Crippen molar-refractivity contribution < 1.29 is 11.3 Å². The molecule has 9 aromatic rings. The number of furan rings is 1. The van der Waals surface area contributed by atoms with E-state index in [2.05, 4.69) is 92.9 Å². The second kappa shape index (κ2) is 11.0. The topological polar surface area (TPSA) is 31.0 Å². The summed E-state index contributed by atoms with van der Waals surface area (Å²) < 4.78 is 51.5. The van der Waals surface area contributed by atoms with Crippen molar-refractivity contribution in [1.82, 2.24) is 9.55 Å². The molecule has 0 saturated carbocycles. The third kappa shape index (κ3) is 4.31. The molecule has 0 N–H and O–H groups in total. The van der Waals surface area contributed by atoms with Crippen molar-refractivity contribution in [2.45, 2.75) is 39.5 Å². The lowest BCUT2D eigenvalue weighted by Crippen LogP contribution is -2.08. The monoisotopic (exact) mass is 625 g/mol. The zero-order chi connectivity index (χ0) is 36.9. The second-order valence-electron chi connectivity index (χ2n) is 13.2. The first-order chi connectivity index (χ1) is 25.5. The van der Waals surface area contributed by atoms with Gasteiger partial charge < -0.3 is 4.42 Å². The molecule has 3 heteroatoms. The number of aromatic nitrogens is 2. The molecule has 2 heterocycles. The molecule has 0 aliphatic rings. The van der Waals surface area contributed by atoms with Gasteiger partial charge in [0.15, 0.2) is 0 Å². The maximum absolute atomic E-state index is 8.76. The van der Waals surface area contributed by atoms with Crippen LogP contribution in [0.5, 0.6) is 0 Å². The van der Waals surface area contributed by atoms with Crippen molar-refractivity contribution >= 4 is 54.5 Å². The Labute approximate surface area is 287 Å². The van der Waals surface area contributed by atoms with E-state index in [9.17, 15) is 0 Å². The lowest BCUT2D eigenvalue weighted by atomic mass is 9.92. The van der Waals surface area contributed by atoms with Gasteiger partial charge in [0.05, 0.1) is 29.1 Å². The molecule has 0 aliphatic carbocycles. The average Bonchev–Trinajstić information content (AvgIpc) is 3.73. The number of para-hydroxylation sites is 4. The van der Waals surface area contributed by atoms with Gasteiger partial charge in [-0.3, -0.25) is 4.57 Å². The van der Waals surface area contributed by atoms with Crippen LogP contribution >= 0.6 is 0 Å². The van der Waals surface area contributed by atoms with Crippen LogP contribution in [-0.4, -0.2) is 9.55 Å². The van der Waals surface area contributed by atoms with Crippen LogP contribution in [0.1, 0.15) is 57.5 Å². The maximum atomic E-state index is 8.76. The number of benzene rings is 7. The summed E-state index contributed by atoms with van der Waals surface area (Å²) in [5.41, 5.74) is 8.68.